The molecule has 5 heteroatoms. The van der Waals surface area contributed by atoms with E-state index in [-0.39, 0.29) is 0 Å². The van der Waals surface area contributed by atoms with Gasteiger partial charge < -0.3 is 0 Å². The van der Waals surface area contributed by atoms with E-state index < -0.39 is 10.0 Å². The minimum Gasteiger partial charge on any atom is -0.295 e. The Labute approximate surface area is 85.9 Å². The number of nitrogens with zero attached hydrogens (tertiary/aromatic N) is 2. The summed E-state index contributed by atoms with van der Waals surface area (Å²) in [4.78, 5) is 2.43. The molecule has 82 valence electrons. The summed E-state index contributed by atoms with van der Waals surface area (Å²) in [5, 5.41) is 0. The third-order valence-corrected chi connectivity index (χ3v) is 4.75. The van der Waals surface area contributed by atoms with E-state index in [0.29, 0.717) is 18.6 Å². The lowest BCUT2D eigenvalue weighted by Crippen LogP contribution is -2.51. The van der Waals surface area contributed by atoms with Crippen molar-refractivity contribution in [3.05, 3.63) is 0 Å². The first kappa shape index (κ1) is 10.4. The fourth-order valence-corrected chi connectivity index (χ4v) is 2.88. The van der Waals surface area contributed by atoms with Gasteiger partial charge in [-0.25, -0.2) is 8.42 Å². The Morgan fingerprint density at radius 3 is 1.93 bits per heavy atom. The van der Waals surface area contributed by atoms with Crippen LogP contribution in [0, 0.1) is 0 Å². The molecule has 2 fully saturated rings. The van der Waals surface area contributed by atoms with E-state index in [1.807, 2.05) is 0 Å². The molecular formula is C9H18N2O2S. The third-order valence-electron chi connectivity index (χ3n) is 3.44. The predicted octanol–water partition coefficient (Wildman–Crippen LogP) is 0.116. The molecule has 0 radical (unpaired) electrons. The van der Waals surface area contributed by atoms with Crippen molar-refractivity contribution in [1.29, 1.82) is 0 Å². The molecule has 1 aliphatic heterocycles. The molecule has 0 bridgehead atoms. The molecule has 2 rings (SSSR count). The zero-order valence-electron chi connectivity index (χ0n) is 8.86. The van der Waals surface area contributed by atoms with Gasteiger partial charge in [0.25, 0.3) is 0 Å². The van der Waals surface area contributed by atoms with Crippen molar-refractivity contribution in [2.75, 3.05) is 32.4 Å². The van der Waals surface area contributed by atoms with Crippen LogP contribution < -0.4 is 0 Å². The highest BCUT2D eigenvalue weighted by Gasteiger charge is 2.44. The number of sulfonamides is 1. The number of hydrogen-bond acceptors (Lipinski definition) is 3. The highest BCUT2D eigenvalue weighted by molar-refractivity contribution is 7.88. The lowest BCUT2D eigenvalue weighted by Gasteiger charge is -2.37. The van der Waals surface area contributed by atoms with Gasteiger partial charge in [-0.3, -0.25) is 4.90 Å². The lowest BCUT2D eigenvalue weighted by molar-refractivity contribution is 0.132. The summed E-state index contributed by atoms with van der Waals surface area (Å²) >= 11 is 0. The smallest absolute Gasteiger partial charge is 0.211 e. The fraction of sp³-hybridized carbons (Fsp3) is 1.00. The second kappa shape index (κ2) is 3.18. The van der Waals surface area contributed by atoms with Gasteiger partial charge in [-0.05, 0) is 19.8 Å². The fourth-order valence-electron chi connectivity index (χ4n) is 2.06. The molecule has 0 aromatic heterocycles. The molecule has 0 aromatic carbocycles. The zero-order valence-corrected chi connectivity index (χ0v) is 9.68. The van der Waals surface area contributed by atoms with Crippen molar-refractivity contribution in [2.24, 2.45) is 0 Å². The average Bonchev–Trinajstić information content (AvgIpc) is 2.84. The lowest BCUT2D eigenvalue weighted by atomic mass is 10.2. The van der Waals surface area contributed by atoms with Gasteiger partial charge in [-0.15, -0.1) is 0 Å². The highest BCUT2D eigenvalue weighted by atomic mass is 32.2. The van der Waals surface area contributed by atoms with Crippen LogP contribution in [-0.4, -0.2) is 55.6 Å². The Morgan fingerprint density at radius 2 is 1.57 bits per heavy atom. The van der Waals surface area contributed by atoms with E-state index in [1.165, 1.54) is 19.1 Å². The van der Waals surface area contributed by atoms with E-state index >= 15 is 0 Å². The quantitative estimate of drug-likeness (QED) is 0.661. The highest BCUT2D eigenvalue weighted by Crippen LogP contribution is 2.41. The summed E-state index contributed by atoms with van der Waals surface area (Å²) in [5.74, 6) is 0. The standard InChI is InChI=1S/C9H18N2O2S/c1-9(3-4-9)10-5-7-11(8-6-10)14(2,12)13/h3-8H2,1-2H3. The molecule has 0 spiro atoms. The molecule has 0 amide bonds. The van der Waals surface area contributed by atoms with Gasteiger partial charge in [-0.2, -0.15) is 4.31 Å². The number of rotatable bonds is 2. The second-order valence-electron chi connectivity index (χ2n) is 4.65. The Hall–Kier alpha value is -0.130. The Balaban J connectivity index is 1.93. The van der Waals surface area contributed by atoms with Crippen LogP contribution >= 0.6 is 0 Å². The van der Waals surface area contributed by atoms with Crippen LogP contribution in [0.5, 0.6) is 0 Å². The largest absolute Gasteiger partial charge is 0.295 e. The van der Waals surface area contributed by atoms with Gasteiger partial charge >= 0.3 is 0 Å². The van der Waals surface area contributed by atoms with E-state index in [4.69, 9.17) is 0 Å². The topological polar surface area (TPSA) is 40.6 Å². The molecule has 0 N–H and O–H groups in total. The van der Waals surface area contributed by atoms with E-state index in [2.05, 4.69) is 11.8 Å². The molecule has 1 aliphatic carbocycles. The summed E-state index contributed by atoms with van der Waals surface area (Å²) in [6.07, 6.45) is 3.83. The summed E-state index contributed by atoms with van der Waals surface area (Å²) in [7, 11) is -2.97. The van der Waals surface area contributed by atoms with Gasteiger partial charge in [0.2, 0.25) is 10.0 Å². The summed E-state index contributed by atoms with van der Waals surface area (Å²) in [6, 6.07) is 0. The van der Waals surface area contributed by atoms with Crippen LogP contribution in [0.1, 0.15) is 19.8 Å². The van der Waals surface area contributed by atoms with Crippen LogP contribution in [0.15, 0.2) is 0 Å². The van der Waals surface area contributed by atoms with Gasteiger partial charge in [0.05, 0.1) is 6.26 Å². The molecule has 4 nitrogen and oxygen atoms in total. The van der Waals surface area contributed by atoms with Gasteiger partial charge in [0.1, 0.15) is 0 Å². The van der Waals surface area contributed by atoms with E-state index in [0.717, 1.165) is 13.1 Å². The monoisotopic (exact) mass is 218 g/mol. The third kappa shape index (κ3) is 1.94. The van der Waals surface area contributed by atoms with E-state index in [9.17, 15) is 8.42 Å². The van der Waals surface area contributed by atoms with E-state index in [1.54, 1.807) is 4.31 Å². The van der Waals surface area contributed by atoms with Crippen molar-refractivity contribution in [1.82, 2.24) is 9.21 Å². The number of hydrogen-bond donors (Lipinski definition) is 0. The van der Waals surface area contributed by atoms with Gasteiger partial charge in [-0.1, -0.05) is 0 Å². The molecule has 2 aliphatic rings. The molecule has 0 unspecified atom stereocenters. The number of piperazine rings is 1. The first-order valence-corrected chi connectivity index (χ1v) is 6.97. The van der Waals surface area contributed by atoms with Crippen molar-refractivity contribution in [3.8, 4) is 0 Å². The maximum atomic E-state index is 11.3. The Morgan fingerprint density at radius 1 is 1.07 bits per heavy atom. The van der Waals surface area contributed by atoms with Crippen molar-refractivity contribution in [2.45, 2.75) is 25.3 Å². The maximum absolute atomic E-state index is 11.3. The molecule has 1 saturated heterocycles. The molecule has 0 atom stereocenters. The molecule has 0 aromatic rings. The first-order valence-electron chi connectivity index (χ1n) is 5.12. The van der Waals surface area contributed by atoms with Crippen LogP contribution in [0.4, 0.5) is 0 Å². The molecular weight excluding hydrogens is 200 g/mol. The summed E-state index contributed by atoms with van der Waals surface area (Å²) in [6.45, 7) is 5.37. The zero-order chi connectivity index (χ0) is 10.4. The van der Waals surface area contributed by atoms with Crippen LogP contribution in [0.3, 0.4) is 0 Å². The Bertz CT molecular complexity index is 314. The summed E-state index contributed by atoms with van der Waals surface area (Å²) < 4.78 is 24.1. The van der Waals surface area contributed by atoms with Crippen molar-refractivity contribution in [3.63, 3.8) is 0 Å². The normalized spacial score (nSPS) is 29.0. The maximum Gasteiger partial charge on any atom is 0.211 e. The van der Waals surface area contributed by atoms with Gasteiger partial charge in [0.15, 0.2) is 0 Å². The molecule has 1 saturated carbocycles. The van der Waals surface area contributed by atoms with Crippen LogP contribution in [0.25, 0.3) is 0 Å². The molecule has 14 heavy (non-hydrogen) atoms. The first-order chi connectivity index (χ1) is 6.42. The van der Waals surface area contributed by atoms with Crippen molar-refractivity contribution >= 4 is 10.0 Å². The molecule has 1 heterocycles. The van der Waals surface area contributed by atoms with Crippen LogP contribution in [0.2, 0.25) is 0 Å². The minimum atomic E-state index is -2.97. The second-order valence-corrected chi connectivity index (χ2v) is 6.63. The SMILES string of the molecule is CC1(N2CCN(S(C)(=O)=O)CC2)CC1. The predicted molar refractivity (Wildman–Crippen MR) is 55.6 cm³/mol. The summed E-state index contributed by atoms with van der Waals surface area (Å²) in [5.41, 5.74) is 0.392. The van der Waals surface area contributed by atoms with Crippen LogP contribution in [-0.2, 0) is 10.0 Å². The minimum absolute atomic E-state index is 0.392. The van der Waals surface area contributed by atoms with Crippen molar-refractivity contribution < 1.29 is 8.42 Å². The average molecular weight is 218 g/mol. The Kier molecular flexibility index (Phi) is 2.36. The van der Waals surface area contributed by atoms with Gasteiger partial charge in [0, 0.05) is 31.7 Å².